The zero-order valence-electron chi connectivity index (χ0n) is 12.5. The summed E-state index contributed by atoms with van der Waals surface area (Å²) in [6.07, 6.45) is 5.60. The molecule has 1 aromatic rings. The lowest BCUT2D eigenvalue weighted by atomic mass is 9.84. The second kappa shape index (κ2) is 6.40. The van der Waals surface area contributed by atoms with E-state index in [0.29, 0.717) is 5.92 Å². The Bertz CT molecular complexity index is 442. The third-order valence-corrected chi connectivity index (χ3v) is 4.42. The Hall–Kier alpha value is -1.35. The zero-order chi connectivity index (χ0) is 14.6. The minimum atomic E-state index is -1.07. The van der Waals surface area contributed by atoms with E-state index in [-0.39, 0.29) is 12.1 Å². The fourth-order valence-electron chi connectivity index (χ4n) is 2.96. The second-order valence-electron chi connectivity index (χ2n) is 5.96. The second-order valence-corrected chi connectivity index (χ2v) is 5.96. The highest BCUT2D eigenvalue weighted by atomic mass is 16.5. The van der Waals surface area contributed by atoms with Crippen LogP contribution in [0.25, 0.3) is 0 Å². The van der Waals surface area contributed by atoms with Crippen LogP contribution in [0.4, 0.5) is 0 Å². The van der Waals surface area contributed by atoms with Gasteiger partial charge in [-0.05, 0) is 44.1 Å². The molecule has 2 rings (SSSR count). The van der Waals surface area contributed by atoms with Crippen molar-refractivity contribution in [2.24, 2.45) is 11.7 Å². The van der Waals surface area contributed by atoms with Crippen molar-refractivity contribution in [3.05, 3.63) is 35.9 Å². The summed E-state index contributed by atoms with van der Waals surface area (Å²) < 4.78 is 5.75. The van der Waals surface area contributed by atoms with E-state index < -0.39 is 5.54 Å². The smallest absolute Gasteiger partial charge is 0.330 e. The van der Waals surface area contributed by atoms with E-state index in [2.05, 4.69) is 6.92 Å². The first-order valence-corrected chi connectivity index (χ1v) is 7.61. The normalized spacial score (nSPS) is 25.8. The number of esters is 1. The maximum Gasteiger partial charge on any atom is 0.330 e. The molecular weight excluding hydrogens is 250 g/mol. The summed E-state index contributed by atoms with van der Waals surface area (Å²) in [4.78, 5) is 12.4. The molecular formula is C17H25NO2. The van der Waals surface area contributed by atoms with Gasteiger partial charge in [0.2, 0.25) is 0 Å². The number of benzene rings is 1. The Morgan fingerprint density at radius 3 is 2.60 bits per heavy atom. The molecule has 0 bridgehead atoms. The van der Waals surface area contributed by atoms with E-state index in [0.717, 1.165) is 31.2 Å². The van der Waals surface area contributed by atoms with Gasteiger partial charge in [0.25, 0.3) is 0 Å². The molecule has 0 radical (unpaired) electrons. The molecule has 1 fully saturated rings. The Morgan fingerprint density at radius 2 is 1.95 bits per heavy atom. The zero-order valence-corrected chi connectivity index (χ0v) is 12.5. The fourth-order valence-corrected chi connectivity index (χ4v) is 2.96. The van der Waals surface area contributed by atoms with Crippen LogP contribution in [0.3, 0.4) is 0 Å². The molecule has 2 N–H and O–H groups in total. The lowest BCUT2D eigenvalue weighted by molar-refractivity contribution is -0.160. The Labute approximate surface area is 121 Å². The highest BCUT2D eigenvalue weighted by Gasteiger charge is 2.36. The van der Waals surface area contributed by atoms with Gasteiger partial charge in [-0.3, -0.25) is 0 Å². The third-order valence-electron chi connectivity index (χ3n) is 4.42. The molecule has 3 unspecified atom stereocenters. The molecule has 3 nitrogen and oxygen atoms in total. The summed E-state index contributed by atoms with van der Waals surface area (Å²) in [6.45, 7) is 3.89. The van der Waals surface area contributed by atoms with Crippen molar-refractivity contribution in [2.75, 3.05) is 0 Å². The van der Waals surface area contributed by atoms with Crippen molar-refractivity contribution in [2.45, 2.75) is 57.6 Å². The van der Waals surface area contributed by atoms with E-state index >= 15 is 0 Å². The molecule has 0 saturated heterocycles. The highest BCUT2D eigenvalue weighted by Crippen LogP contribution is 2.31. The monoisotopic (exact) mass is 275 g/mol. The van der Waals surface area contributed by atoms with Gasteiger partial charge in [-0.25, -0.2) is 4.79 Å². The average molecular weight is 275 g/mol. The van der Waals surface area contributed by atoms with Crippen LogP contribution < -0.4 is 5.73 Å². The van der Waals surface area contributed by atoms with Gasteiger partial charge in [-0.2, -0.15) is 0 Å². The molecule has 1 aliphatic rings. The van der Waals surface area contributed by atoms with Crippen molar-refractivity contribution in [1.82, 2.24) is 0 Å². The van der Waals surface area contributed by atoms with E-state index in [1.807, 2.05) is 30.3 Å². The molecule has 0 heterocycles. The minimum absolute atomic E-state index is 0.0350. The predicted octanol–water partition coefficient (Wildman–Crippen LogP) is 3.37. The lowest BCUT2D eigenvalue weighted by Crippen LogP contribution is -2.46. The van der Waals surface area contributed by atoms with Gasteiger partial charge in [0.05, 0.1) is 0 Å². The SMILES string of the molecule is CCC1CCCCC1OC(=O)C(C)(N)c1ccccc1. The van der Waals surface area contributed by atoms with Crippen molar-refractivity contribution >= 4 is 5.97 Å². The first kappa shape index (κ1) is 15.0. The van der Waals surface area contributed by atoms with E-state index in [4.69, 9.17) is 10.5 Å². The molecule has 20 heavy (non-hydrogen) atoms. The standard InChI is InChI=1S/C17H25NO2/c1-3-13-9-7-8-12-15(13)20-16(19)17(2,18)14-10-5-4-6-11-14/h4-6,10-11,13,15H,3,7-9,12,18H2,1-2H3. The molecule has 0 spiro atoms. The maximum atomic E-state index is 12.4. The summed E-state index contributed by atoms with van der Waals surface area (Å²) in [5, 5.41) is 0. The van der Waals surface area contributed by atoms with Crippen molar-refractivity contribution in [3.8, 4) is 0 Å². The lowest BCUT2D eigenvalue weighted by Gasteiger charge is -2.33. The number of carbonyl (C=O) groups is 1. The van der Waals surface area contributed by atoms with Gasteiger partial charge >= 0.3 is 5.97 Å². The number of carbonyl (C=O) groups excluding carboxylic acids is 1. The molecule has 0 aromatic heterocycles. The molecule has 1 aliphatic carbocycles. The van der Waals surface area contributed by atoms with Gasteiger partial charge in [0, 0.05) is 0 Å². The van der Waals surface area contributed by atoms with Crippen LogP contribution >= 0.6 is 0 Å². The molecule has 3 heteroatoms. The average Bonchev–Trinajstić information content (AvgIpc) is 2.48. The van der Waals surface area contributed by atoms with Gasteiger partial charge in [0.15, 0.2) is 0 Å². The highest BCUT2D eigenvalue weighted by molar-refractivity contribution is 5.82. The van der Waals surface area contributed by atoms with E-state index in [1.165, 1.54) is 6.42 Å². The maximum absolute atomic E-state index is 12.4. The van der Waals surface area contributed by atoms with E-state index in [1.54, 1.807) is 6.92 Å². The summed E-state index contributed by atoms with van der Waals surface area (Å²) >= 11 is 0. The van der Waals surface area contributed by atoms with Crippen LogP contribution in [0.2, 0.25) is 0 Å². The predicted molar refractivity (Wildman–Crippen MR) is 80.1 cm³/mol. The van der Waals surface area contributed by atoms with Gasteiger partial charge in [-0.1, -0.05) is 43.7 Å². The fraction of sp³-hybridized carbons (Fsp3) is 0.588. The first-order valence-electron chi connectivity index (χ1n) is 7.61. The summed E-state index contributed by atoms with van der Waals surface area (Å²) in [5.74, 6) is 0.174. The molecule has 3 atom stereocenters. The van der Waals surface area contributed by atoms with Crippen molar-refractivity contribution < 1.29 is 9.53 Å². The largest absolute Gasteiger partial charge is 0.460 e. The number of ether oxygens (including phenoxy) is 1. The van der Waals surface area contributed by atoms with Gasteiger partial charge in [0.1, 0.15) is 11.6 Å². The van der Waals surface area contributed by atoms with Crippen LogP contribution in [0, 0.1) is 5.92 Å². The molecule has 0 amide bonds. The molecule has 1 saturated carbocycles. The first-order chi connectivity index (χ1) is 9.55. The topological polar surface area (TPSA) is 52.3 Å². The molecule has 1 aromatic carbocycles. The van der Waals surface area contributed by atoms with E-state index in [9.17, 15) is 4.79 Å². The third kappa shape index (κ3) is 3.21. The summed E-state index contributed by atoms with van der Waals surface area (Å²) in [6, 6.07) is 9.45. The van der Waals surface area contributed by atoms with Gasteiger partial charge in [-0.15, -0.1) is 0 Å². The van der Waals surface area contributed by atoms with Crippen LogP contribution in [0.5, 0.6) is 0 Å². The van der Waals surface area contributed by atoms with Gasteiger partial charge < -0.3 is 10.5 Å². The summed E-state index contributed by atoms with van der Waals surface area (Å²) in [5.41, 5.74) is 5.94. The number of hydrogen-bond donors (Lipinski definition) is 1. The van der Waals surface area contributed by atoms with Crippen LogP contribution in [0.15, 0.2) is 30.3 Å². The number of hydrogen-bond acceptors (Lipinski definition) is 3. The Morgan fingerprint density at radius 1 is 1.30 bits per heavy atom. The van der Waals surface area contributed by atoms with Crippen molar-refractivity contribution in [1.29, 1.82) is 0 Å². The quantitative estimate of drug-likeness (QED) is 0.857. The number of rotatable bonds is 4. The number of nitrogens with two attached hydrogens (primary N) is 1. The Kier molecular flexibility index (Phi) is 4.81. The minimum Gasteiger partial charge on any atom is -0.460 e. The van der Waals surface area contributed by atoms with Crippen LogP contribution in [-0.2, 0) is 15.1 Å². The van der Waals surface area contributed by atoms with Crippen LogP contribution in [0.1, 0.15) is 51.5 Å². The summed E-state index contributed by atoms with van der Waals surface area (Å²) in [7, 11) is 0. The molecule has 0 aliphatic heterocycles. The Balaban J connectivity index is 2.07. The van der Waals surface area contributed by atoms with Crippen molar-refractivity contribution in [3.63, 3.8) is 0 Å². The molecule has 110 valence electrons. The van der Waals surface area contributed by atoms with Crippen LogP contribution in [-0.4, -0.2) is 12.1 Å².